The predicted octanol–water partition coefficient (Wildman–Crippen LogP) is 0.515. The second-order valence-corrected chi connectivity index (χ2v) is 2.72. The first-order valence-corrected chi connectivity index (χ1v) is 3.30. The van der Waals surface area contributed by atoms with Gasteiger partial charge in [0, 0.05) is 19.5 Å². The lowest BCUT2D eigenvalue weighted by Crippen LogP contribution is -2.27. The molecule has 0 aliphatic carbocycles. The zero-order valence-corrected chi connectivity index (χ0v) is 6.54. The van der Waals surface area contributed by atoms with Crippen LogP contribution in [0.3, 0.4) is 0 Å². The lowest BCUT2D eigenvalue weighted by atomic mass is 10.5. The summed E-state index contributed by atoms with van der Waals surface area (Å²) in [6.45, 7) is 0. The van der Waals surface area contributed by atoms with Gasteiger partial charge in [0.15, 0.2) is 0 Å². The van der Waals surface area contributed by atoms with Gasteiger partial charge < -0.3 is 10.0 Å². The lowest BCUT2D eigenvalue weighted by molar-refractivity contribution is 0.0624. The van der Waals surface area contributed by atoms with E-state index in [9.17, 15) is 0 Å². The van der Waals surface area contributed by atoms with Crippen molar-refractivity contribution in [3.63, 3.8) is 0 Å². The Morgan fingerprint density at radius 1 is 1.89 bits per heavy atom. The van der Waals surface area contributed by atoms with Crippen LogP contribution in [-0.2, 0) is 0 Å². The third kappa shape index (κ3) is 1.53. The minimum Gasteiger partial charge on any atom is -0.355 e. The van der Waals surface area contributed by atoms with E-state index in [1.807, 2.05) is 0 Å². The number of hydrogen-bond acceptors (Lipinski definition) is 3. The third-order valence-corrected chi connectivity index (χ3v) is 1.43. The summed E-state index contributed by atoms with van der Waals surface area (Å²) in [5.74, 6) is 0. The fourth-order valence-electron chi connectivity index (χ4n) is 0.538. The van der Waals surface area contributed by atoms with Crippen molar-refractivity contribution in [2.75, 3.05) is 7.05 Å². The second kappa shape index (κ2) is 2.49. The Bertz CT molecular complexity index is 166. The van der Waals surface area contributed by atoms with E-state index < -0.39 is 6.35 Å². The Hall–Kier alpha value is -0.350. The van der Waals surface area contributed by atoms with Crippen molar-refractivity contribution in [3.05, 3.63) is 10.7 Å². The minimum absolute atomic E-state index is 0.716. The molecule has 0 aromatic heterocycles. The van der Waals surface area contributed by atoms with Crippen molar-refractivity contribution >= 4 is 22.1 Å². The molecule has 1 aliphatic heterocycles. The zero-order valence-electron chi connectivity index (χ0n) is 4.95. The molecule has 1 unspecified atom stereocenters. The van der Waals surface area contributed by atoms with E-state index in [-0.39, 0.29) is 0 Å². The number of aliphatic hydroxyl groups excluding tert-OH is 1. The van der Waals surface area contributed by atoms with Gasteiger partial charge in [0.05, 0.1) is 4.48 Å². The van der Waals surface area contributed by atoms with Crippen molar-refractivity contribution in [1.82, 2.24) is 4.90 Å². The van der Waals surface area contributed by atoms with Crippen LogP contribution in [-0.4, -0.2) is 29.6 Å². The van der Waals surface area contributed by atoms with Gasteiger partial charge >= 0.3 is 0 Å². The van der Waals surface area contributed by atoms with Gasteiger partial charge in [0.25, 0.3) is 0 Å². The topological polar surface area (TPSA) is 35.8 Å². The number of rotatable bonds is 0. The Labute approximate surface area is 61.8 Å². The molecule has 1 aliphatic rings. The van der Waals surface area contributed by atoms with Gasteiger partial charge in [-0.2, -0.15) is 0 Å². The molecule has 1 heterocycles. The highest BCUT2D eigenvalue weighted by Gasteiger charge is 2.07. The molecule has 4 heteroatoms. The fraction of sp³-hybridized carbons (Fsp3) is 0.400. The molecule has 0 saturated carbocycles. The molecule has 50 valence electrons. The number of aliphatic imine (C=N–C) groups is 1. The molecule has 0 fully saturated rings. The van der Waals surface area contributed by atoms with Crippen LogP contribution < -0.4 is 0 Å². The van der Waals surface area contributed by atoms with E-state index in [0.29, 0.717) is 0 Å². The van der Waals surface area contributed by atoms with Crippen molar-refractivity contribution in [2.45, 2.75) is 6.35 Å². The summed E-state index contributed by atoms with van der Waals surface area (Å²) in [7, 11) is 1.75. The highest BCUT2D eigenvalue weighted by Crippen LogP contribution is 2.09. The Balaban J connectivity index is 2.70. The number of halogens is 1. The van der Waals surface area contributed by atoms with E-state index in [0.717, 1.165) is 4.48 Å². The quantitative estimate of drug-likeness (QED) is 0.605. The zero-order chi connectivity index (χ0) is 6.85. The molecule has 3 nitrogen and oxygen atoms in total. The van der Waals surface area contributed by atoms with Gasteiger partial charge in [-0.15, -0.1) is 0 Å². The van der Waals surface area contributed by atoms with Crippen LogP contribution in [0, 0.1) is 0 Å². The summed E-state index contributed by atoms with van der Waals surface area (Å²) in [5.41, 5.74) is 0. The van der Waals surface area contributed by atoms with Crippen molar-refractivity contribution < 1.29 is 5.11 Å². The predicted molar refractivity (Wildman–Crippen MR) is 39.3 cm³/mol. The van der Waals surface area contributed by atoms with Crippen LogP contribution in [0.2, 0.25) is 0 Å². The Kier molecular flexibility index (Phi) is 1.87. The van der Waals surface area contributed by atoms with Gasteiger partial charge in [-0.25, -0.2) is 4.99 Å². The largest absolute Gasteiger partial charge is 0.355 e. The standard InChI is InChI=1S/C5H7BrN2O/c1-8-3-4(6)2-7-5(8)9/h2-3,5,9H,1H3. The molecule has 0 aromatic carbocycles. The van der Waals surface area contributed by atoms with Crippen LogP contribution in [0.4, 0.5) is 0 Å². The van der Waals surface area contributed by atoms with Gasteiger partial charge in [-0.3, -0.25) is 0 Å². The summed E-state index contributed by atoms with van der Waals surface area (Å²) in [5, 5.41) is 8.96. The maximum Gasteiger partial charge on any atom is 0.224 e. The molecule has 0 amide bonds. The first kappa shape index (κ1) is 6.77. The van der Waals surface area contributed by atoms with Gasteiger partial charge in [-0.1, -0.05) is 0 Å². The van der Waals surface area contributed by atoms with E-state index in [2.05, 4.69) is 20.9 Å². The van der Waals surface area contributed by atoms with Gasteiger partial charge in [0.2, 0.25) is 6.35 Å². The van der Waals surface area contributed by atoms with E-state index in [4.69, 9.17) is 5.11 Å². The number of aliphatic hydroxyl groups is 1. The number of hydrogen-bond donors (Lipinski definition) is 1. The van der Waals surface area contributed by atoms with E-state index in [1.165, 1.54) is 0 Å². The third-order valence-electron chi connectivity index (χ3n) is 1.02. The normalized spacial score (nSPS) is 26.3. The Morgan fingerprint density at radius 3 is 3.00 bits per heavy atom. The Morgan fingerprint density at radius 2 is 2.56 bits per heavy atom. The summed E-state index contributed by atoms with van der Waals surface area (Å²) in [6.07, 6.45) is 2.62. The van der Waals surface area contributed by atoms with Crippen LogP contribution in [0.1, 0.15) is 0 Å². The molecule has 0 radical (unpaired) electrons. The van der Waals surface area contributed by atoms with Crippen LogP contribution in [0.5, 0.6) is 0 Å². The first-order chi connectivity index (χ1) is 4.20. The highest BCUT2D eigenvalue weighted by atomic mass is 79.9. The second-order valence-electron chi connectivity index (χ2n) is 1.80. The summed E-state index contributed by atoms with van der Waals surface area (Å²) in [6, 6.07) is 0. The van der Waals surface area contributed by atoms with Crippen LogP contribution >= 0.6 is 15.9 Å². The molecule has 1 N–H and O–H groups in total. The van der Waals surface area contributed by atoms with Gasteiger partial charge in [0.1, 0.15) is 0 Å². The van der Waals surface area contributed by atoms with E-state index in [1.54, 1.807) is 24.4 Å². The maximum atomic E-state index is 8.96. The molecule has 0 aromatic rings. The maximum absolute atomic E-state index is 8.96. The van der Waals surface area contributed by atoms with Crippen LogP contribution in [0.25, 0.3) is 0 Å². The molecule has 0 bridgehead atoms. The molecule has 1 rings (SSSR count). The SMILES string of the molecule is CN1C=C(Br)C=NC1O. The monoisotopic (exact) mass is 190 g/mol. The summed E-state index contributed by atoms with van der Waals surface area (Å²) >= 11 is 3.22. The number of nitrogens with zero attached hydrogens (tertiary/aromatic N) is 2. The fourth-order valence-corrected chi connectivity index (χ4v) is 0.979. The lowest BCUT2D eigenvalue weighted by Gasteiger charge is -2.20. The van der Waals surface area contributed by atoms with Crippen molar-refractivity contribution in [3.8, 4) is 0 Å². The van der Waals surface area contributed by atoms with Crippen molar-refractivity contribution in [2.24, 2.45) is 4.99 Å². The van der Waals surface area contributed by atoms with Crippen molar-refractivity contribution in [1.29, 1.82) is 0 Å². The molecular formula is C5H7BrN2O. The summed E-state index contributed by atoms with van der Waals surface area (Å²) in [4.78, 5) is 5.33. The molecule has 9 heavy (non-hydrogen) atoms. The highest BCUT2D eigenvalue weighted by molar-refractivity contribution is 9.12. The molecule has 0 saturated heterocycles. The average molecular weight is 191 g/mol. The van der Waals surface area contributed by atoms with Crippen LogP contribution in [0.15, 0.2) is 15.7 Å². The smallest absolute Gasteiger partial charge is 0.224 e. The molecule has 1 atom stereocenters. The summed E-state index contributed by atoms with van der Waals surface area (Å²) < 4.78 is 0.871. The molecule has 0 spiro atoms. The minimum atomic E-state index is -0.716. The first-order valence-electron chi connectivity index (χ1n) is 2.50. The number of allylic oxidation sites excluding steroid dienone is 1. The molecular weight excluding hydrogens is 184 g/mol. The average Bonchev–Trinajstić information content (AvgIpc) is 1.80. The van der Waals surface area contributed by atoms with E-state index >= 15 is 0 Å². The van der Waals surface area contributed by atoms with Gasteiger partial charge in [-0.05, 0) is 15.9 Å².